The van der Waals surface area contributed by atoms with Crippen LogP contribution in [0, 0.1) is 0 Å². The quantitative estimate of drug-likeness (QED) is 0.451. The SMILES string of the molecule is O.s1ss1. The maximum absolute atomic E-state index is 1.83. The van der Waals surface area contributed by atoms with Gasteiger partial charge in [0, 0.05) is 28.0 Å². The lowest BCUT2D eigenvalue weighted by molar-refractivity contribution is 0.824. The fraction of sp³-hybridized carbons (Fsp3) is 0. The van der Waals surface area contributed by atoms with Crippen molar-refractivity contribution in [3.8, 4) is 0 Å². The third kappa shape index (κ3) is 2.62. The van der Waals surface area contributed by atoms with Gasteiger partial charge < -0.3 is 5.48 Å². The van der Waals surface area contributed by atoms with E-state index in [1.54, 1.807) is 0 Å². The van der Waals surface area contributed by atoms with Crippen molar-refractivity contribution >= 4 is 28.0 Å². The lowest BCUT2D eigenvalue weighted by Gasteiger charge is -0.816. The fourth-order valence-electron chi connectivity index (χ4n) is 0. The van der Waals surface area contributed by atoms with E-state index in [1.807, 2.05) is 28.0 Å². The van der Waals surface area contributed by atoms with E-state index in [0.29, 0.717) is 0 Å². The summed E-state index contributed by atoms with van der Waals surface area (Å²) in [4.78, 5) is 0. The summed E-state index contributed by atoms with van der Waals surface area (Å²) in [5.41, 5.74) is 0. The summed E-state index contributed by atoms with van der Waals surface area (Å²) in [7, 11) is 5.50. The molecule has 0 fully saturated rings. The van der Waals surface area contributed by atoms with Gasteiger partial charge in [-0.15, -0.1) is 0 Å². The molecule has 0 saturated carbocycles. The summed E-state index contributed by atoms with van der Waals surface area (Å²) in [6.45, 7) is 0. The highest BCUT2D eigenvalue weighted by Crippen LogP contribution is 2.26. The predicted octanol–water partition coefficient (Wildman–Crippen LogP) is 1.05. The van der Waals surface area contributed by atoms with E-state index in [9.17, 15) is 0 Å². The smallest absolute Gasteiger partial charge is 0 e. The maximum atomic E-state index is 1.83. The molecule has 0 aliphatic heterocycles. The van der Waals surface area contributed by atoms with Crippen LogP contribution in [0.3, 0.4) is 0 Å². The molecule has 4 heavy (non-hydrogen) atoms. The molecule has 1 aromatic rings. The number of hydrogen-bond acceptors (Lipinski definition) is 3. The first-order chi connectivity index (χ1) is 1.50. The highest BCUT2D eigenvalue weighted by atomic mass is 33.7. The first kappa shape index (κ1) is 4.62. The Hall–Kier alpha value is 0.620. The van der Waals surface area contributed by atoms with Crippen LogP contribution in [0.25, 0.3) is 0 Å². The van der Waals surface area contributed by atoms with Gasteiger partial charge in [-0.05, 0) is 0 Å². The Morgan fingerprint density at radius 2 is 1.00 bits per heavy atom. The Balaban J connectivity index is 0.0000000900. The molecule has 0 amide bonds. The van der Waals surface area contributed by atoms with Crippen molar-refractivity contribution in [3.05, 3.63) is 0 Å². The zero-order valence-corrected chi connectivity index (χ0v) is 4.17. The van der Waals surface area contributed by atoms with Gasteiger partial charge in [0.15, 0.2) is 0 Å². The van der Waals surface area contributed by atoms with E-state index in [1.165, 1.54) is 0 Å². The molecular weight excluding hydrogens is 112 g/mol. The van der Waals surface area contributed by atoms with E-state index in [-0.39, 0.29) is 5.48 Å². The molecule has 0 bridgehead atoms. The van der Waals surface area contributed by atoms with Crippen LogP contribution in [0.5, 0.6) is 0 Å². The Morgan fingerprint density at radius 3 is 1.00 bits per heavy atom. The Morgan fingerprint density at radius 1 is 0.750 bits per heavy atom. The second kappa shape index (κ2) is 1.90. The van der Waals surface area contributed by atoms with Gasteiger partial charge in [0.05, 0.1) is 0 Å². The average Bonchev–Trinajstić information content (AvgIpc) is 1.46. The van der Waals surface area contributed by atoms with E-state index in [4.69, 9.17) is 0 Å². The van der Waals surface area contributed by atoms with Crippen LogP contribution in [-0.2, 0) is 0 Å². The predicted molar refractivity (Wildman–Crippen MR) is 23.7 cm³/mol. The Bertz CT molecular complexity index is 31.4. The second-order valence-corrected chi connectivity index (χ2v) is 5.51. The van der Waals surface area contributed by atoms with Gasteiger partial charge in [0.2, 0.25) is 0 Å². The van der Waals surface area contributed by atoms with E-state index >= 15 is 0 Å². The van der Waals surface area contributed by atoms with Gasteiger partial charge in [0.25, 0.3) is 0 Å². The fourth-order valence-corrected chi connectivity index (χ4v) is 0. The van der Waals surface area contributed by atoms with Crippen LogP contribution in [0.4, 0.5) is 0 Å². The molecule has 1 rings (SSSR count). The minimum absolute atomic E-state index is 0. The van der Waals surface area contributed by atoms with Crippen molar-refractivity contribution in [1.29, 1.82) is 0 Å². The van der Waals surface area contributed by atoms with Crippen LogP contribution in [0.2, 0.25) is 0 Å². The first-order valence-corrected chi connectivity index (χ1v) is 4.50. The van der Waals surface area contributed by atoms with Gasteiger partial charge in [-0.3, -0.25) is 0 Å². The molecule has 26 valence electrons. The molecule has 4 heteroatoms. The largest absolute Gasteiger partial charge is 0.412 e. The highest BCUT2D eigenvalue weighted by Gasteiger charge is 1.63. The lowest BCUT2D eigenvalue weighted by atomic mass is 16.0. The molecule has 1 aromatic heterocycles. The summed E-state index contributed by atoms with van der Waals surface area (Å²) in [6.07, 6.45) is 0. The van der Waals surface area contributed by atoms with Crippen LogP contribution in [-0.4, -0.2) is 5.48 Å². The van der Waals surface area contributed by atoms with E-state index < -0.39 is 0 Å². The minimum atomic E-state index is 0. The third-order valence-corrected chi connectivity index (χ3v) is 1.84. The second-order valence-electron chi connectivity index (χ2n) is 0.204. The highest BCUT2D eigenvalue weighted by molar-refractivity contribution is 8.32. The summed E-state index contributed by atoms with van der Waals surface area (Å²) in [6, 6.07) is 0. The summed E-state index contributed by atoms with van der Waals surface area (Å²) in [5, 5.41) is 0. The van der Waals surface area contributed by atoms with Crippen LogP contribution in [0.15, 0.2) is 0 Å². The molecule has 0 saturated heterocycles. The Labute approximate surface area is 34.0 Å². The topological polar surface area (TPSA) is 31.5 Å². The molecule has 0 atom stereocenters. The first-order valence-electron chi connectivity index (χ1n) is 0.500. The monoisotopic (exact) mass is 114 g/mol. The van der Waals surface area contributed by atoms with Crippen molar-refractivity contribution in [2.45, 2.75) is 0 Å². The molecule has 0 radical (unpaired) electrons. The van der Waals surface area contributed by atoms with E-state index in [2.05, 4.69) is 0 Å². The molecule has 0 aliphatic carbocycles. The number of rotatable bonds is 0. The van der Waals surface area contributed by atoms with Gasteiger partial charge in [-0.2, -0.15) is 0 Å². The molecule has 2 N–H and O–H groups in total. The van der Waals surface area contributed by atoms with Gasteiger partial charge in [0.1, 0.15) is 0 Å². The zero-order chi connectivity index (χ0) is 2.12. The molecular formula is H2OS3. The maximum Gasteiger partial charge on any atom is 0 e. The van der Waals surface area contributed by atoms with Crippen LogP contribution < -0.4 is 0 Å². The molecule has 0 spiro atoms. The van der Waals surface area contributed by atoms with E-state index in [0.717, 1.165) is 0 Å². The summed E-state index contributed by atoms with van der Waals surface area (Å²) in [5.74, 6) is 0. The summed E-state index contributed by atoms with van der Waals surface area (Å²) < 4.78 is 0. The van der Waals surface area contributed by atoms with Crippen LogP contribution >= 0.6 is 28.0 Å². The van der Waals surface area contributed by atoms with Crippen molar-refractivity contribution in [3.63, 3.8) is 0 Å². The van der Waals surface area contributed by atoms with Crippen molar-refractivity contribution in [2.24, 2.45) is 0 Å². The van der Waals surface area contributed by atoms with Crippen molar-refractivity contribution in [2.75, 3.05) is 0 Å². The lowest BCUT2D eigenvalue weighted by Crippen LogP contribution is -0.289. The van der Waals surface area contributed by atoms with Gasteiger partial charge in [-0.25, -0.2) is 0 Å². The van der Waals surface area contributed by atoms with Crippen molar-refractivity contribution < 1.29 is 5.48 Å². The molecule has 0 unspecified atom stereocenters. The zero-order valence-electron chi connectivity index (χ0n) is 1.72. The summed E-state index contributed by atoms with van der Waals surface area (Å²) >= 11 is 0. The standard InChI is InChI=1S/H2O.S3/c;1-2-3-1/h1H2;. The minimum Gasteiger partial charge on any atom is -0.412 e. The molecule has 1 heterocycles. The number of hydrogen-bond donors (Lipinski definition) is 0. The van der Waals surface area contributed by atoms with Crippen LogP contribution in [0.1, 0.15) is 0 Å². The third-order valence-electron chi connectivity index (χ3n) is 0.0680. The Kier molecular flexibility index (Phi) is 2.19. The van der Waals surface area contributed by atoms with Gasteiger partial charge in [-0.1, -0.05) is 0 Å². The molecule has 0 aliphatic rings. The molecule has 1 nitrogen and oxygen atoms in total. The van der Waals surface area contributed by atoms with Gasteiger partial charge >= 0.3 is 0 Å². The van der Waals surface area contributed by atoms with Crippen molar-refractivity contribution in [1.82, 2.24) is 0 Å². The molecule has 0 aromatic carbocycles. The normalized spacial score (nSPS) is 6.00. The average molecular weight is 114 g/mol.